The summed E-state index contributed by atoms with van der Waals surface area (Å²) in [5.74, 6) is -0.967. The standard InChI is InChI=1S/C21H26FN3O3/c1-14(10-16-4-3-5-17(22)12-16)11-20(26)24-8-6-18(7-9-24)25-15(2)19(13-23-25)21(27)28/h3-5,12-14,18H,6-11H2,1-2H3,(H,27,28). The molecular formula is C21H26FN3O3. The first-order valence-electron chi connectivity index (χ1n) is 9.64. The van der Waals surface area contributed by atoms with E-state index >= 15 is 0 Å². The first-order valence-corrected chi connectivity index (χ1v) is 9.64. The van der Waals surface area contributed by atoms with Gasteiger partial charge >= 0.3 is 5.97 Å². The molecule has 1 N–H and O–H groups in total. The molecule has 1 aliphatic rings. The van der Waals surface area contributed by atoms with Gasteiger partial charge in [-0.3, -0.25) is 9.48 Å². The van der Waals surface area contributed by atoms with Crippen molar-refractivity contribution in [2.45, 2.75) is 45.6 Å². The van der Waals surface area contributed by atoms with Crippen molar-refractivity contribution in [1.82, 2.24) is 14.7 Å². The van der Waals surface area contributed by atoms with Crippen molar-refractivity contribution in [2.24, 2.45) is 5.92 Å². The summed E-state index contributed by atoms with van der Waals surface area (Å²) in [7, 11) is 0. The molecule has 1 aromatic heterocycles. The maximum Gasteiger partial charge on any atom is 0.339 e. The van der Waals surface area contributed by atoms with Crippen LogP contribution in [0.3, 0.4) is 0 Å². The Morgan fingerprint density at radius 2 is 2.04 bits per heavy atom. The van der Waals surface area contributed by atoms with Crippen LogP contribution in [0.1, 0.15) is 53.8 Å². The van der Waals surface area contributed by atoms with Crippen LogP contribution in [0.4, 0.5) is 4.39 Å². The molecule has 0 saturated carbocycles. The monoisotopic (exact) mass is 387 g/mol. The minimum absolute atomic E-state index is 0.113. The first-order chi connectivity index (χ1) is 13.3. The number of carboxylic acids is 1. The predicted octanol–water partition coefficient (Wildman–Crippen LogP) is 3.46. The van der Waals surface area contributed by atoms with E-state index in [0.29, 0.717) is 31.6 Å². The lowest BCUT2D eigenvalue weighted by atomic mass is 9.96. The van der Waals surface area contributed by atoms with Crippen LogP contribution >= 0.6 is 0 Å². The number of hydrogen-bond acceptors (Lipinski definition) is 3. The molecule has 1 fully saturated rings. The number of carbonyl (C=O) groups is 2. The number of rotatable bonds is 6. The van der Waals surface area contributed by atoms with Gasteiger partial charge in [0.25, 0.3) is 0 Å². The highest BCUT2D eigenvalue weighted by molar-refractivity contribution is 5.88. The van der Waals surface area contributed by atoms with Crippen molar-refractivity contribution in [3.63, 3.8) is 0 Å². The van der Waals surface area contributed by atoms with Gasteiger partial charge in [0.05, 0.1) is 17.9 Å². The maximum absolute atomic E-state index is 13.3. The highest BCUT2D eigenvalue weighted by atomic mass is 19.1. The van der Waals surface area contributed by atoms with E-state index in [1.54, 1.807) is 17.7 Å². The van der Waals surface area contributed by atoms with Crippen LogP contribution in [0.2, 0.25) is 0 Å². The molecule has 7 heteroatoms. The summed E-state index contributed by atoms with van der Waals surface area (Å²) in [6, 6.07) is 6.63. The second-order valence-electron chi connectivity index (χ2n) is 7.65. The maximum atomic E-state index is 13.3. The summed E-state index contributed by atoms with van der Waals surface area (Å²) >= 11 is 0. The Hall–Kier alpha value is -2.70. The molecule has 0 aliphatic carbocycles. The topological polar surface area (TPSA) is 75.4 Å². The first kappa shape index (κ1) is 20.0. The number of benzene rings is 1. The van der Waals surface area contributed by atoms with Crippen LogP contribution in [-0.4, -0.2) is 44.8 Å². The molecule has 28 heavy (non-hydrogen) atoms. The van der Waals surface area contributed by atoms with E-state index in [4.69, 9.17) is 5.11 Å². The fourth-order valence-corrected chi connectivity index (χ4v) is 3.93. The van der Waals surface area contributed by atoms with Gasteiger partial charge in [0, 0.05) is 19.5 Å². The number of likely N-dealkylation sites (tertiary alicyclic amines) is 1. The van der Waals surface area contributed by atoms with Gasteiger partial charge in [0.15, 0.2) is 0 Å². The lowest BCUT2D eigenvalue weighted by Crippen LogP contribution is -2.40. The second-order valence-corrected chi connectivity index (χ2v) is 7.65. The van der Waals surface area contributed by atoms with Gasteiger partial charge < -0.3 is 10.0 Å². The van der Waals surface area contributed by atoms with Crippen LogP contribution < -0.4 is 0 Å². The Kier molecular flexibility index (Phi) is 6.11. The minimum Gasteiger partial charge on any atom is -0.478 e. The van der Waals surface area contributed by atoms with Gasteiger partial charge in [0.1, 0.15) is 11.4 Å². The smallest absolute Gasteiger partial charge is 0.339 e. The molecular weight excluding hydrogens is 361 g/mol. The molecule has 1 atom stereocenters. The third-order valence-electron chi connectivity index (χ3n) is 5.43. The van der Waals surface area contributed by atoms with Gasteiger partial charge in [0.2, 0.25) is 5.91 Å². The van der Waals surface area contributed by atoms with Gasteiger partial charge in [-0.25, -0.2) is 9.18 Å². The lowest BCUT2D eigenvalue weighted by Gasteiger charge is -2.33. The van der Waals surface area contributed by atoms with Gasteiger partial charge in [-0.05, 0) is 49.8 Å². The van der Waals surface area contributed by atoms with Crippen LogP contribution in [0, 0.1) is 18.7 Å². The number of piperidine rings is 1. The Morgan fingerprint density at radius 3 is 2.64 bits per heavy atom. The fourth-order valence-electron chi connectivity index (χ4n) is 3.93. The van der Waals surface area contributed by atoms with Crippen LogP contribution in [-0.2, 0) is 11.2 Å². The average molecular weight is 387 g/mol. The summed E-state index contributed by atoms with van der Waals surface area (Å²) in [5, 5.41) is 13.4. The van der Waals surface area contributed by atoms with Crippen LogP contribution in [0.25, 0.3) is 0 Å². The number of halogens is 1. The molecule has 6 nitrogen and oxygen atoms in total. The quantitative estimate of drug-likeness (QED) is 0.824. The van der Waals surface area contributed by atoms with Crippen molar-refractivity contribution in [2.75, 3.05) is 13.1 Å². The van der Waals surface area contributed by atoms with Crippen molar-refractivity contribution in [1.29, 1.82) is 0 Å². The number of aromatic carboxylic acids is 1. The molecule has 0 bridgehead atoms. The van der Waals surface area contributed by atoms with Gasteiger partial charge in [-0.1, -0.05) is 19.1 Å². The summed E-state index contributed by atoms with van der Waals surface area (Å²) in [4.78, 5) is 25.7. The fraction of sp³-hybridized carbons (Fsp3) is 0.476. The van der Waals surface area contributed by atoms with E-state index in [1.165, 1.54) is 18.3 Å². The third-order valence-corrected chi connectivity index (χ3v) is 5.43. The zero-order chi connectivity index (χ0) is 20.3. The SMILES string of the molecule is Cc1c(C(=O)O)cnn1C1CCN(C(=O)CC(C)Cc2cccc(F)c2)CC1. The molecule has 1 aliphatic heterocycles. The average Bonchev–Trinajstić information content (AvgIpc) is 3.03. The van der Waals surface area contributed by atoms with Gasteiger partial charge in [-0.15, -0.1) is 0 Å². The van der Waals surface area contributed by atoms with Crippen molar-refractivity contribution in [3.05, 3.63) is 53.1 Å². The van der Waals surface area contributed by atoms with Gasteiger partial charge in [-0.2, -0.15) is 5.10 Å². The normalized spacial score (nSPS) is 16.2. The summed E-state index contributed by atoms with van der Waals surface area (Å²) in [5.41, 5.74) is 1.79. The van der Waals surface area contributed by atoms with E-state index < -0.39 is 5.97 Å². The number of hydrogen-bond donors (Lipinski definition) is 1. The molecule has 1 saturated heterocycles. The summed E-state index contributed by atoms with van der Waals surface area (Å²) in [6.07, 6.45) is 4.01. The van der Waals surface area contributed by atoms with Crippen molar-refractivity contribution < 1.29 is 19.1 Å². The zero-order valence-corrected chi connectivity index (χ0v) is 16.3. The molecule has 2 aromatic rings. The Labute approximate surface area is 164 Å². The highest BCUT2D eigenvalue weighted by Gasteiger charge is 2.27. The van der Waals surface area contributed by atoms with E-state index in [0.717, 1.165) is 18.4 Å². The molecule has 1 aromatic carbocycles. The number of aromatic nitrogens is 2. The lowest BCUT2D eigenvalue weighted by molar-refractivity contribution is -0.133. The van der Waals surface area contributed by atoms with Crippen LogP contribution in [0.15, 0.2) is 30.5 Å². The Balaban J connectivity index is 1.51. The third kappa shape index (κ3) is 4.58. The van der Waals surface area contributed by atoms with E-state index in [1.807, 2.05) is 17.9 Å². The Bertz CT molecular complexity index is 856. The molecule has 0 spiro atoms. The molecule has 1 unspecified atom stereocenters. The largest absolute Gasteiger partial charge is 0.478 e. The molecule has 2 heterocycles. The number of nitrogens with zero attached hydrogens (tertiary/aromatic N) is 3. The number of carboxylic acid groups (broad SMARTS) is 1. The highest BCUT2D eigenvalue weighted by Crippen LogP contribution is 2.25. The molecule has 150 valence electrons. The zero-order valence-electron chi connectivity index (χ0n) is 16.3. The number of amides is 1. The Morgan fingerprint density at radius 1 is 1.32 bits per heavy atom. The second kappa shape index (κ2) is 8.54. The molecule has 1 amide bonds. The molecule has 3 rings (SSSR count). The predicted molar refractivity (Wildman–Crippen MR) is 103 cm³/mol. The molecule has 0 radical (unpaired) electrons. The van der Waals surface area contributed by atoms with E-state index in [2.05, 4.69) is 5.10 Å². The van der Waals surface area contributed by atoms with Crippen molar-refractivity contribution in [3.8, 4) is 0 Å². The summed E-state index contributed by atoms with van der Waals surface area (Å²) < 4.78 is 15.1. The van der Waals surface area contributed by atoms with E-state index in [9.17, 15) is 14.0 Å². The van der Waals surface area contributed by atoms with Crippen molar-refractivity contribution >= 4 is 11.9 Å². The van der Waals surface area contributed by atoms with E-state index in [-0.39, 0.29) is 29.2 Å². The number of carbonyl (C=O) groups excluding carboxylic acids is 1. The van der Waals surface area contributed by atoms with Crippen LogP contribution in [0.5, 0.6) is 0 Å². The minimum atomic E-state index is -0.969. The summed E-state index contributed by atoms with van der Waals surface area (Å²) in [6.45, 7) is 5.05.